The highest BCUT2D eigenvalue weighted by molar-refractivity contribution is 5.74. The summed E-state index contributed by atoms with van der Waals surface area (Å²) in [6, 6.07) is 0.362. The van der Waals surface area contributed by atoms with Crippen molar-refractivity contribution < 1.29 is 9.53 Å². The van der Waals surface area contributed by atoms with Gasteiger partial charge in [-0.1, -0.05) is 0 Å². The van der Waals surface area contributed by atoms with Crippen LogP contribution in [-0.2, 0) is 4.74 Å². The lowest BCUT2D eigenvalue weighted by molar-refractivity contribution is 0.0450. The van der Waals surface area contributed by atoms with Crippen molar-refractivity contribution in [1.29, 1.82) is 0 Å². The first-order valence-electron chi connectivity index (χ1n) is 3.91. The van der Waals surface area contributed by atoms with Gasteiger partial charge in [-0.3, -0.25) is 0 Å². The van der Waals surface area contributed by atoms with Gasteiger partial charge in [0.1, 0.15) is 0 Å². The zero-order valence-electron chi connectivity index (χ0n) is 6.54. The monoisotopic (exact) mass is 156 g/mol. The third-order valence-corrected chi connectivity index (χ3v) is 2.38. The zero-order valence-corrected chi connectivity index (χ0v) is 6.54. The summed E-state index contributed by atoms with van der Waals surface area (Å²) < 4.78 is 5.36. The molecule has 2 saturated heterocycles. The average Bonchev–Trinajstić information content (AvgIpc) is 2.62. The Balaban J connectivity index is 2.02. The number of fused-ring (bicyclic) bond motifs is 2. The molecule has 0 aliphatic carbocycles. The van der Waals surface area contributed by atoms with Crippen LogP contribution in [0.1, 0.15) is 6.42 Å². The minimum Gasteiger partial charge on any atom is -0.374 e. The minimum atomic E-state index is 0.0285. The van der Waals surface area contributed by atoms with Crippen LogP contribution in [0.5, 0.6) is 0 Å². The van der Waals surface area contributed by atoms with E-state index < -0.39 is 0 Å². The molecule has 2 amide bonds. The van der Waals surface area contributed by atoms with Crippen LogP contribution >= 0.6 is 0 Å². The molecule has 2 aliphatic rings. The molecule has 11 heavy (non-hydrogen) atoms. The molecule has 2 atom stereocenters. The highest BCUT2D eigenvalue weighted by Gasteiger charge is 2.40. The molecule has 0 aromatic rings. The van der Waals surface area contributed by atoms with E-state index in [1.807, 2.05) is 4.90 Å². The summed E-state index contributed by atoms with van der Waals surface area (Å²) in [7, 11) is 1.66. The molecule has 2 bridgehead atoms. The fourth-order valence-electron chi connectivity index (χ4n) is 1.79. The number of morpholine rings is 1. The van der Waals surface area contributed by atoms with E-state index in [0.717, 1.165) is 19.6 Å². The number of urea groups is 1. The number of nitrogens with zero attached hydrogens (tertiary/aromatic N) is 1. The summed E-state index contributed by atoms with van der Waals surface area (Å²) in [5.74, 6) is 0. The van der Waals surface area contributed by atoms with Crippen LogP contribution in [0.2, 0.25) is 0 Å². The van der Waals surface area contributed by atoms with Gasteiger partial charge in [0.2, 0.25) is 0 Å². The molecule has 0 spiro atoms. The maximum atomic E-state index is 11.2. The molecule has 0 saturated carbocycles. The molecule has 0 aromatic heterocycles. The van der Waals surface area contributed by atoms with Crippen molar-refractivity contribution in [1.82, 2.24) is 10.2 Å². The van der Waals surface area contributed by atoms with Gasteiger partial charge in [0.15, 0.2) is 0 Å². The van der Waals surface area contributed by atoms with Gasteiger partial charge in [-0.15, -0.1) is 0 Å². The van der Waals surface area contributed by atoms with Crippen LogP contribution in [-0.4, -0.2) is 43.3 Å². The van der Waals surface area contributed by atoms with Gasteiger partial charge in [-0.2, -0.15) is 0 Å². The fraction of sp³-hybridized carbons (Fsp3) is 0.857. The second-order valence-corrected chi connectivity index (χ2v) is 3.05. The van der Waals surface area contributed by atoms with Crippen LogP contribution in [0.15, 0.2) is 0 Å². The van der Waals surface area contributed by atoms with Crippen LogP contribution < -0.4 is 5.32 Å². The Kier molecular flexibility index (Phi) is 1.49. The number of rotatable bonds is 0. The SMILES string of the molecule is CNC(=O)N1C[C@H]2C[C@@H]1CO2. The summed E-state index contributed by atoms with van der Waals surface area (Å²) in [5.41, 5.74) is 0. The van der Waals surface area contributed by atoms with Crippen LogP contribution in [0.25, 0.3) is 0 Å². The molecule has 0 aromatic carbocycles. The minimum absolute atomic E-state index is 0.0285. The Morgan fingerprint density at radius 2 is 2.55 bits per heavy atom. The molecular formula is C7H12N2O2. The summed E-state index contributed by atoms with van der Waals surface area (Å²) in [4.78, 5) is 13.0. The van der Waals surface area contributed by atoms with Crippen LogP contribution in [0, 0.1) is 0 Å². The van der Waals surface area contributed by atoms with Gasteiger partial charge in [-0.05, 0) is 6.42 Å². The first-order chi connectivity index (χ1) is 5.31. The highest BCUT2D eigenvalue weighted by atomic mass is 16.5. The van der Waals surface area contributed by atoms with E-state index in [9.17, 15) is 4.79 Å². The van der Waals surface area contributed by atoms with Crippen molar-refractivity contribution >= 4 is 6.03 Å². The van der Waals surface area contributed by atoms with Crippen molar-refractivity contribution in [3.8, 4) is 0 Å². The highest BCUT2D eigenvalue weighted by Crippen LogP contribution is 2.27. The van der Waals surface area contributed by atoms with Crippen molar-refractivity contribution in [2.24, 2.45) is 0 Å². The molecule has 1 N–H and O–H groups in total. The van der Waals surface area contributed by atoms with E-state index in [1.165, 1.54) is 0 Å². The Labute approximate surface area is 65.5 Å². The van der Waals surface area contributed by atoms with Gasteiger partial charge in [0.25, 0.3) is 0 Å². The number of likely N-dealkylation sites (tertiary alicyclic amines) is 1. The van der Waals surface area contributed by atoms with Crippen molar-refractivity contribution in [2.45, 2.75) is 18.6 Å². The van der Waals surface area contributed by atoms with Crippen molar-refractivity contribution in [2.75, 3.05) is 20.2 Å². The molecule has 62 valence electrons. The number of carbonyl (C=O) groups excluding carboxylic acids is 1. The van der Waals surface area contributed by atoms with Crippen molar-refractivity contribution in [3.05, 3.63) is 0 Å². The first kappa shape index (κ1) is 6.91. The average molecular weight is 156 g/mol. The summed E-state index contributed by atoms with van der Waals surface area (Å²) in [6.07, 6.45) is 1.32. The van der Waals surface area contributed by atoms with Gasteiger partial charge >= 0.3 is 6.03 Å². The Hall–Kier alpha value is -0.770. The quantitative estimate of drug-likeness (QED) is 0.527. The molecular weight excluding hydrogens is 144 g/mol. The third-order valence-electron chi connectivity index (χ3n) is 2.38. The molecule has 0 unspecified atom stereocenters. The van der Waals surface area contributed by atoms with Gasteiger partial charge in [0.05, 0.1) is 18.8 Å². The Morgan fingerprint density at radius 1 is 1.73 bits per heavy atom. The summed E-state index contributed by atoms with van der Waals surface area (Å²) in [6.45, 7) is 1.49. The smallest absolute Gasteiger partial charge is 0.317 e. The zero-order chi connectivity index (χ0) is 7.84. The second kappa shape index (κ2) is 2.37. The standard InChI is InChI=1S/C7H12N2O2/c1-8-7(10)9-3-6-2-5(9)4-11-6/h5-6H,2-4H2,1H3,(H,8,10)/t5-,6-/m1/s1. The second-order valence-electron chi connectivity index (χ2n) is 3.05. The number of hydrogen-bond acceptors (Lipinski definition) is 2. The van der Waals surface area contributed by atoms with Gasteiger partial charge in [-0.25, -0.2) is 4.79 Å². The largest absolute Gasteiger partial charge is 0.374 e. The normalized spacial score (nSPS) is 34.5. The van der Waals surface area contributed by atoms with Crippen LogP contribution in [0.3, 0.4) is 0 Å². The lowest BCUT2D eigenvalue weighted by atomic mass is 10.2. The van der Waals surface area contributed by atoms with E-state index >= 15 is 0 Å². The fourth-order valence-corrected chi connectivity index (χ4v) is 1.79. The lowest BCUT2D eigenvalue weighted by Gasteiger charge is -2.26. The molecule has 2 rings (SSSR count). The van der Waals surface area contributed by atoms with Gasteiger partial charge < -0.3 is 15.0 Å². The summed E-state index contributed by atoms with van der Waals surface area (Å²) in [5, 5.41) is 2.62. The Morgan fingerprint density at radius 3 is 3.00 bits per heavy atom. The molecule has 4 nitrogen and oxygen atoms in total. The van der Waals surface area contributed by atoms with Crippen molar-refractivity contribution in [3.63, 3.8) is 0 Å². The first-order valence-corrected chi connectivity index (χ1v) is 3.91. The lowest BCUT2D eigenvalue weighted by Crippen LogP contribution is -2.45. The molecule has 2 aliphatic heterocycles. The predicted octanol–water partition coefficient (Wildman–Crippen LogP) is -0.201. The number of carbonyl (C=O) groups is 1. The van der Waals surface area contributed by atoms with E-state index in [0.29, 0.717) is 12.1 Å². The number of ether oxygens (including phenoxy) is 1. The molecule has 2 fully saturated rings. The predicted molar refractivity (Wildman–Crippen MR) is 39.3 cm³/mol. The van der Waals surface area contributed by atoms with E-state index in [2.05, 4.69) is 5.32 Å². The Bertz CT molecular complexity index is 183. The third kappa shape index (κ3) is 0.976. The number of hydrogen-bond donors (Lipinski definition) is 1. The maximum absolute atomic E-state index is 11.2. The van der Waals surface area contributed by atoms with Gasteiger partial charge in [0, 0.05) is 13.6 Å². The summed E-state index contributed by atoms with van der Waals surface area (Å²) >= 11 is 0. The molecule has 2 heterocycles. The van der Waals surface area contributed by atoms with E-state index in [4.69, 9.17) is 4.74 Å². The molecule has 0 radical (unpaired) electrons. The topological polar surface area (TPSA) is 41.6 Å². The van der Waals surface area contributed by atoms with E-state index in [1.54, 1.807) is 7.05 Å². The molecule has 4 heteroatoms. The maximum Gasteiger partial charge on any atom is 0.317 e. The van der Waals surface area contributed by atoms with E-state index in [-0.39, 0.29) is 6.03 Å². The number of nitrogens with one attached hydrogen (secondary N) is 1. The number of amides is 2. The van der Waals surface area contributed by atoms with Crippen LogP contribution in [0.4, 0.5) is 4.79 Å².